The molecule has 0 aromatic heterocycles. The molecule has 0 bridgehead atoms. The predicted molar refractivity (Wildman–Crippen MR) is 178 cm³/mol. The van der Waals surface area contributed by atoms with Crippen molar-refractivity contribution in [2.75, 3.05) is 39.7 Å². The number of benzene rings is 1. The Balaban J connectivity index is 1.57. The monoisotopic (exact) mass is 635 g/mol. The number of nitrogens with one attached hydrogen (secondary N) is 2. The molecule has 0 radical (unpaired) electrons. The van der Waals surface area contributed by atoms with Gasteiger partial charge in [0.15, 0.2) is 11.5 Å². The first-order valence-electron chi connectivity index (χ1n) is 16.6. The summed E-state index contributed by atoms with van der Waals surface area (Å²) in [6.45, 7) is 6.56. The molecule has 2 aromatic rings. The first-order valence-corrected chi connectivity index (χ1v) is 16.6. The van der Waals surface area contributed by atoms with Crippen LogP contribution in [0.25, 0.3) is 11.1 Å². The summed E-state index contributed by atoms with van der Waals surface area (Å²) in [6.07, 6.45) is 6.29. The molecule has 0 spiro atoms. The summed E-state index contributed by atoms with van der Waals surface area (Å²) in [7, 11) is 4.69. The highest BCUT2D eigenvalue weighted by Crippen LogP contribution is 2.50. The lowest BCUT2D eigenvalue weighted by Gasteiger charge is -2.48. The quantitative estimate of drug-likeness (QED) is 0.357. The number of aryl methyl sites for hydroxylation is 1. The van der Waals surface area contributed by atoms with E-state index in [1.54, 1.807) is 33.5 Å². The summed E-state index contributed by atoms with van der Waals surface area (Å²) in [4.78, 5) is 42.3. The van der Waals surface area contributed by atoms with Gasteiger partial charge in [0.2, 0.25) is 23.0 Å². The first kappa shape index (κ1) is 33.6. The van der Waals surface area contributed by atoms with E-state index in [1.165, 1.54) is 6.92 Å². The van der Waals surface area contributed by atoms with Crippen molar-refractivity contribution in [3.05, 3.63) is 45.6 Å². The average Bonchev–Trinajstić information content (AvgIpc) is 3.29. The van der Waals surface area contributed by atoms with E-state index in [2.05, 4.69) is 10.6 Å². The molecule has 10 heteroatoms. The number of aliphatic hydroxyl groups is 1. The highest BCUT2D eigenvalue weighted by Gasteiger charge is 2.45. The van der Waals surface area contributed by atoms with E-state index in [0.717, 1.165) is 48.8 Å². The zero-order chi connectivity index (χ0) is 33.2. The van der Waals surface area contributed by atoms with Crippen molar-refractivity contribution in [1.82, 2.24) is 10.2 Å². The molecular weight excluding hydrogens is 586 g/mol. The number of ether oxygens (including phenoxy) is 3. The van der Waals surface area contributed by atoms with Gasteiger partial charge in [-0.15, -0.1) is 0 Å². The summed E-state index contributed by atoms with van der Waals surface area (Å²) in [6, 6.07) is 6.05. The number of piperidine rings is 1. The second-order valence-corrected chi connectivity index (χ2v) is 13.2. The fraction of sp³-hybridized carbons (Fsp3) is 0.583. The fourth-order valence-corrected chi connectivity index (χ4v) is 7.65. The van der Waals surface area contributed by atoms with E-state index in [1.807, 2.05) is 30.9 Å². The van der Waals surface area contributed by atoms with Crippen LogP contribution in [0, 0.1) is 11.8 Å². The molecule has 5 atom stereocenters. The molecule has 1 saturated heterocycles. The Morgan fingerprint density at radius 2 is 1.83 bits per heavy atom. The molecule has 3 aliphatic rings. The van der Waals surface area contributed by atoms with E-state index in [-0.39, 0.29) is 29.1 Å². The highest BCUT2D eigenvalue weighted by molar-refractivity contribution is 5.86. The van der Waals surface area contributed by atoms with Gasteiger partial charge in [-0.2, -0.15) is 0 Å². The van der Waals surface area contributed by atoms with Crippen LogP contribution in [-0.2, 0) is 16.0 Å². The Morgan fingerprint density at radius 3 is 2.50 bits per heavy atom. The molecule has 46 heavy (non-hydrogen) atoms. The van der Waals surface area contributed by atoms with E-state index in [4.69, 9.17) is 14.2 Å². The van der Waals surface area contributed by atoms with Gasteiger partial charge in [-0.3, -0.25) is 14.4 Å². The van der Waals surface area contributed by atoms with Gasteiger partial charge in [-0.1, -0.05) is 39.2 Å². The molecule has 2 aromatic carbocycles. The van der Waals surface area contributed by atoms with Gasteiger partial charge in [0, 0.05) is 31.5 Å². The van der Waals surface area contributed by atoms with Gasteiger partial charge in [-0.05, 0) is 72.9 Å². The molecule has 1 heterocycles. The highest BCUT2D eigenvalue weighted by atomic mass is 16.5. The number of hydrogen-bond donors (Lipinski definition) is 3. The van der Waals surface area contributed by atoms with Gasteiger partial charge in [0.05, 0.1) is 38.7 Å². The molecule has 2 unspecified atom stereocenters. The minimum atomic E-state index is -0.685. The van der Waals surface area contributed by atoms with Crippen LogP contribution in [0.1, 0.15) is 82.9 Å². The number of methoxy groups -OCH3 is 3. The smallest absolute Gasteiger partial charge is 0.245 e. The lowest BCUT2D eigenvalue weighted by atomic mass is 9.71. The maximum absolute atomic E-state index is 14.1. The second kappa shape index (κ2) is 13.9. The maximum Gasteiger partial charge on any atom is 0.245 e. The molecule has 1 aliphatic heterocycles. The van der Waals surface area contributed by atoms with Crippen molar-refractivity contribution in [3.63, 3.8) is 0 Å². The molecule has 2 fully saturated rings. The third-order valence-corrected chi connectivity index (χ3v) is 10.4. The number of anilines is 1. The Kier molecular flexibility index (Phi) is 10.2. The topological polar surface area (TPSA) is 126 Å². The van der Waals surface area contributed by atoms with Crippen molar-refractivity contribution in [2.45, 2.75) is 89.8 Å². The van der Waals surface area contributed by atoms with Crippen LogP contribution < -0.4 is 30.3 Å². The summed E-state index contributed by atoms with van der Waals surface area (Å²) in [5.41, 5.74) is 2.45. The number of carbonyl (C=O) groups is 2. The van der Waals surface area contributed by atoms with Crippen LogP contribution in [0.3, 0.4) is 0 Å². The van der Waals surface area contributed by atoms with E-state index in [9.17, 15) is 19.5 Å². The summed E-state index contributed by atoms with van der Waals surface area (Å²) in [5.74, 6) is 1.23. The van der Waals surface area contributed by atoms with Crippen molar-refractivity contribution in [2.24, 2.45) is 11.8 Å². The molecule has 5 rings (SSSR count). The van der Waals surface area contributed by atoms with Crippen LogP contribution in [0.5, 0.6) is 17.2 Å². The second-order valence-electron chi connectivity index (χ2n) is 13.2. The molecule has 250 valence electrons. The zero-order valence-electron chi connectivity index (χ0n) is 28.0. The van der Waals surface area contributed by atoms with Crippen LogP contribution in [-0.4, -0.2) is 67.9 Å². The lowest BCUT2D eigenvalue weighted by molar-refractivity contribution is -0.145. The van der Waals surface area contributed by atoms with Crippen molar-refractivity contribution in [3.8, 4) is 28.4 Å². The number of rotatable bonds is 9. The van der Waals surface area contributed by atoms with E-state index in [0.29, 0.717) is 60.9 Å². The number of fused-ring (bicyclic) bond motifs is 4. The van der Waals surface area contributed by atoms with Crippen LogP contribution in [0.4, 0.5) is 5.69 Å². The van der Waals surface area contributed by atoms with Crippen LogP contribution in [0.2, 0.25) is 0 Å². The van der Waals surface area contributed by atoms with Crippen molar-refractivity contribution >= 4 is 17.5 Å². The minimum absolute atomic E-state index is 0.0468. The van der Waals surface area contributed by atoms with Gasteiger partial charge in [0.25, 0.3) is 0 Å². The largest absolute Gasteiger partial charge is 0.493 e. The summed E-state index contributed by atoms with van der Waals surface area (Å²) < 4.78 is 17.2. The molecular formula is C36H49N3O7. The molecule has 10 nitrogen and oxygen atoms in total. The van der Waals surface area contributed by atoms with Gasteiger partial charge in [0.1, 0.15) is 6.04 Å². The Hall–Kier alpha value is -3.79. The number of amides is 2. The first-order chi connectivity index (χ1) is 22.0. The summed E-state index contributed by atoms with van der Waals surface area (Å²) >= 11 is 0. The maximum atomic E-state index is 14.1. The molecule has 1 saturated carbocycles. The SMILES string of the molecule is CC[C@H](C)[C@@H](Nc1ccc2c(cc1=O)[C@H](NC(C)=O)CCc1cc(OC)c(OC)c(OC)c1-2)C(=O)N1CCC2(O)CCCCC2C1. The van der Waals surface area contributed by atoms with Crippen molar-refractivity contribution < 1.29 is 28.9 Å². The fourth-order valence-electron chi connectivity index (χ4n) is 7.65. The van der Waals surface area contributed by atoms with Gasteiger partial charge < -0.3 is 34.9 Å². The van der Waals surface area contributed by atoms with E-state index >= 15 is 0 Å². The number of carbonyl (C=O) groups excluding carboxylic acids is 2. The van der Waals surface area contributed by atoms with Gasteiger partial charge in [-0.25, -0.2) is 0 Å². The number of hydrogen-bond acceptors (Lipinski definition) is 8. The zero-order valence-corrected chi connectivity index (χ0v) is 28.0. The van der Waals surface area contributed by atoms with E-state index < -0.39 is 17.7 Å². The molecule has 3 N–H and O–H groups in total. The van der Waals surface area contributed by atoms with Crippen LogP contribution >= 0.6 is 0 Å². The Bertz CT molecular complexity index is 1530. The Morgan fingerprint density at radius 1 is 1.07 bits per heavy atom. The predicted octanol–water partition coefficient (Wildman–Crippen LogP) is 4.84. The standard InChI is InChI=1S/C36H49N3O7/c1-7-21(2)32(35(42)39-17-16-36(43)15-9-8-10-24(36)20-39)38-28-14-12-25-26(19-29(28)41)27(37-22(3)40)13-11-23-18-30(44-4)33(45-5)34(46-6)31(23)25/h12,14,18-19,21,24,27,32,43H,7-11,13,15-17,20H2,1-6H3,(H,37,40)(H,38,41)/t21-,24?,27+,32+,36?/m0/s1. The van der Waals surface area contributed by atoms with Crippen molar-refractivity contribution in [1.29, 1.82) is 0 Å². The number of nitrogens with zero attached hydrogens (tertiary/aromatic N) is 1. The Labute approximate surface area is 271 Å². The third kappa shape index (κ3) is 6.41. The van der Waals surface area contributed by atoms with Crippen LogP contribution in [0.15, 0.2) is 29.1 Å². The summed E-state index contributed by atoms with van der Waals surface area (Å²) in [5, 5.41) is 17.6. The average molecular weight is 636 g/mol. The normalized spacial score (nSPS) is 23.4. The third-order valence-electron chi connectivity index (χ3n) is 10.4. The van der Waals surface area contributed by atoms with Gasteiger partial charge >= 0.3 is 0 Å². The lowest BCUT2D eigenvalue weighted by Crippen LogP contribution is -2.57. The number of likely N-dealkylation sites (tertiary alicyclic amines) is 1. The molecule has 2 aliphatic carbocycles. The minimum Gasteiger partial charge on any atom is -0.493 e. The molecule has 2 amide bonds.